The summed E-state index contributed by atoms with van der Waals surface area (Å²) in [4.78, 5) is 12.0. The molecule has 0 aliphatic heterocycles. The molecule has 0 heterocycles. The van der Waals surface area contributed by atoms with E-state index in [9.17, 15) is 9.90 Å². The highest BCUT2D eigenvalue weighted by molar-refractivity contribution is 5.76. The zero-order valence-electron chi connectivity index (χ0n) is 14.5. The van der Waals surface area contributed by atoms with Crippen LogP contribution in [0.15, 0.2) is 48.5 Å². The molecule has 2 aromatic carbocycles. The standard InChI is InChI=1S/C20H24O4/c1-13(2)24-20(22)19(21)14(3)17-12-16(10-11-18(17)23-4)15-8-6-5-7-9-15/h5-14,19,21H,1-4H3. The minimum absolute atomic E-state index is 0.267. The molecule has 0 saturated heterocycles. The Bertz CT molecular complexity index is 679. The fourth-order valence-corrected chi connectivity index (χ4v) is 2.58. The number of methoxy groups -OCH3 is 1. The fourth-order valence-electron chi connectivity index (χ4n) is 2.58. The third-order valence-electron chi connectivity index (χ3n) is 3.89. The largest absolute Gasteiger partial charge is 0.496 e. The molecule has 0 aliphatic carbocycles. The second-order valence-electron chi connectivity index (χ2n) is 6.04. The van der Waals surface area contributed by atoms with Crippen LogP contribution in [0.1, 0.15) is 32.3 Å². The van der Waals surface area contributed by atoms with Gasteiger partial charge >= 0.3 is 5.97 Å². The summed E-state index contributed by atoms with van der Waals surface area (Å²) in [6.45, 7) is 5.30. The molecule has 2 unspecified atom stereocenters. The molecule has 0 aliphatic rings. The predicted octanol–water partition coefficient (Wildman–Crippen LogP) is 3.78. The topological polar surface area (TPSA) is 55.8 Å². The second-order valence-corrected chi connectivity index (χ2v) is 6.04. The van der Waals surface area contributed by atoms with Crippen LogP contribution >= 0.6 is 0 Å². The first-order chi connectivity index (χ1) is 11.4. The van der Waals surface area contributed by atoms with Crippen LogP contribution in [-0.4, -0.2) is 30.4 Å². The summed E-state index contributed by atoms with van der Waals surface area (Å²) in [5, 5.41) is 10.3. The lowest BCUT2D eigenvalue weighted by molar-refractivity contribution is -0.158. The molecule has 2 rings (SSSR count). The molecule has 4 heteroatoms. The zero-order chi connectivity index (χ0) is 17.7. The summed E-state index contributed by atoms with van der Waals surface area (Å²) in [7, 11) is 1.58. The summed E-state index contributed by atoms with van der Waals surface area (Å²) < 4.78 is 10.5. The molecule has 128 valence electrons. The number of carbonyl (C=O) groups is 1. The van der Waals surface area contributed by atoms with Gasteiger partial charge in [-0.15, -0.1) is 0 Å². The van der Waals surface area contributed by atoms with Crippen molar-refractivity contribution in [2.24, 2.45) is 0 Å². The van der Waals surface area contributed by atoms with E-state index in [1.165, 1.54) is 0 Å². The van der Waals surface area contributed by atoms with Crippen molar-refractivity contribution in [3.63, 3.8) is 0 Å². The van der Waals surface area contributed by atoms with Crippen molar-refractivity contribution in [1.82, 2.24) is 0 Å². The van der Waals surface area contributed by atoms with Crippen molar-refractivity contribution in [3.8, 4) is 16.9 Å². The van der Waals surface area contributed by atoms with E-state index in [0.717, 1.165) is 16.7 Å². The molecular formula is C20H24O4. The van der Waals surface area contributed by atoms with E-state index in [1.807, 2.05) is 48.5 Å². The van der Waals surface area contributed by atoms with Gasteiger partial charge in [-0.2, -0.15) is 0 Å². The number of esters is 1. The van der Waals surface area contributed by atoms with Gasteiger partial charge in [-0.25, -0.2) is 4.79 Å². The predicted molar refractivity (Wildman–Crippen MR) is 94.1 cm³/mol. The number of hydrogen-bond donors (Lipinski definition) is 1. The molecule has 0 fully saturated rings. The molecule has 4 nitrogen and oxygen atoms in total. The molecule has 1 N–H and O–H groups in total. The molecule has 0 saturated carbocycles. The third kappa shape index (κ3) is 4.15. The van der Waals surface area contributed by atoms with Gasteiger partial charge in [0, 0.05) is 11.5 Å². The van der Waals surface area contributed by atoms with Crippen molar-refractivity contribution in [2.45, 2.75) is 38.9 Å². The van der Waals surface area contributed by atoms with Crippen molar-refractivity contribution in [2.75, 3.05) is 7.11 Å². The van der Waals surface area contributed by atoms with Crippen molar-refractivity contribution >= 4 is 5.97 Å². The summed E-state index contributed by atoms with van der Waals surface area (Å²) >= 11 is 0. The number of ether oxygens (including phenoxy) is 2. The van der Waals surface area contributed by atoms with E-state index >= 15 is 0 Å². The first-order valence-corrected chi connectivity index (χ1v) is 8.06. The van der Waals surface area contributed by atoms with Gasteiger partial charge in [0.2, 0.25) is 0 Å². The number of aliphatic hydroxyl groups excluding tert-OH is 1. The second kappa shape index (κ2) is 7.97. The minimum atomic E-state index is -1.24. The van der Waals surface area contributed by atoms with Crippen molar-refractivity contribution < 1.29 is 19.4 Å². The van der Waals surface area contributed by atoms with Crippen molar-refractivity contribution in [3.05, 3.63) is 54.1 Å². The number of benzene rings is 2. The van der Waals surface area contributed by atoms with Gasteiger partial charge in [0.15, 0.2) is 6.10 Å². The Morgan fingerprint density at radius 2 is 1.67 bits per heavy atom. The van der Waals surface area contributed by atoms with Crippen LogP contribution in [0.2, 0.25) is 0 Å². The van der Waals surface area contributed by atoms with E-state index in [0.29, 0.717) is 5.75 Å². The van der Waals surface area contributed by atoms with Gasteiger partial charge in [-0.1, -0.05) is 43.3 Å². The Morgan fingerprint density at radius 1 is 1.00 bits per heavy atom. The molecule has 24 heavy (non-hydrogen) atoms. The third-order valence-corrected chi connectivity index (χ3v) is 3.89. The van der Waals surface area contributed by atoms with E-state index in [2.05, 4.69) is 0 Å². The Hall–Kier alpha value is -2.33. The Kier molecular flexibility index (Phi) is 5.99. The van der Waals surface area contributed by atoms with E-state index < -0.39 is 18.0 Å². The van der Waals surface area contributed by atoms with Crippen LogP contribution in [0.3, 0.4) is 0 Å². The summed E-state index contributed by atoms with van der Waals surface area (Å²) in [6, 6.07) is 15.7. The lowest BCUT2D eigenvalue weighted by Crippen LogP contribution is -2.30. The van der Waals surface area contributed by atoms with E-state index in [4.69, 9.17) is 9.47 Å². The maximum Gasteiger partial charge on any atom is 0.335 e. The van der Waals surface area contributed by atoms with E-state index in [1.54, 1.807) is 27.9 Å². The highest BCUT2D eigenvalue weighted by Crippen LogP contribution is 2.33. The number of hydrogen-bond acceptors (Lipinski definition) is 4. The molecule has 0 aromatic heterocycles. The highest BCUT2D eigenvalue weighted by atomic mass is 16.6. The molecular weight excluding hydrogens is 304 g/mol. The molecule has 0 radical (unpaired) electrons. The summed E-state index contributed by atoms with van der Waals surface area (Å²) in [5.74, 6) is -0.432. The number of carbonyl (C=O) groups excluding carboxylic acids is 1. The maximum atomic E-state index is 12.0. The Morgan fingerprint density at radius 3 is 2.25 bits per heavy atom. The van der Waals surface area contributed by atoms with Gasteiger partial charge in [0.1, 0.15) is 5.75 Å². The van der Waals surface area contributed by atoms with Crippen LogP contribution in [0.5, 0.6) is 5.75 Å². The first-order valence-electron chi connectivity index (χ1n) is 8.06. The highest BCUT2D eigenvalue weighted by Gasteiger charge is 2.28. The smallest absolute Gasteiger partial charge is 0.335 e. The average Bonchev–Trinajstić information content (AvgIpc) is 2.60. The maximum absolute atomic E-state index is 12.0. The van der Waals surface area contributed by atoms with Crippen LogP contribution in [0, 0.1) is 0 Å². The van der Waals surface area contributed by atoms with Gasteiger partial charge in [-0.05, 0) is 37.1 Å². The van der Waals surface area contributed by atoms with Crippen LogP contribution in [0.4, 0.5) is 0 Å². The van der Waals surface area contributed by atoms with Crippen LogP contribution < -0.4 is 4.74 Å². The van der Waals surface area contributed by atoms with Gasteiger partial charge in [0.05, 0.1) is 13.2 Å². The minimum Gasteiger partial charge on any atom is -0.496 e. The van der Waals surface area contributed by atoms with Crippen LogP contribution in [-0.2, 0) is 9.53 Å². The molecule has 0 amide bonds. The van der Waals surface area contributed by atoms with Gasteiger partial charge in [0.25, 0.3) is 0 Å². The average molecular weight is 328 g/mol. The van der Waals surface area contributed by atoms with Crippen LogP contribution in [0.25, 0.3) is 11.1 Å². The zero-order valence-corrected chi connectivity index (χ0v) is 14.5. The molecule has 0 bridgehead atoms. The lowest BCUT2D eigenvalue weighted by Gasteiger charge is -2.22. The fraction of sp³-hybridized carbons (Fsp3) is 0.350. The monoisotopic (exact) mass is 328 g/mol. The Labute approximate surface area is 143 Å². The Balaban J connectivity index is 2.35. The van der Waals surface area contributed by atoms with Gasteiger partial charge < -0.3 is 14.6 Å². The first kappa shape index (κ1) is 18.0. The quantitative estimate of drug-likeness (QED) is 0.820. The summed E-state index contributed by atoms with van der Waals surface area (Å²) in [5.41, 5.74) is 2.84. The van der Waals surface area contributed by atoms with Gasteiger partial charge in [-0.3, -0.25) is 0 Å². The molecule has 2 aromatic rings. The van der Waals surface area contributed by atoms with E-state index in [-0.39, 0.29) is 6.10 Å². The summed E-state index contributed by atoms with van der Waals surface area (Å²) in [6.07, 6.45) is -1.51. The molecule has 2 atom stereocenters. The SMILES string of the molecule is COc1ccc(-c2ccccc2)cc1C(C)C(O)C(=O)OC(C)C. The number of aliphatic hydroxyl groups is 1. The molecule has 0 spiro atoms. The number of rotatable bonds is 6. The lowest BCUT2D eigenvalue weighted by atomic mass is 9.91. The van der Waals surface area contributed by atoms with Crippen molar-refractivity contribution in [1.29, 1.82) is 0 Å². The normalized spacial score (nSPS) is 13.4.